The molecule has 0 aromatic heterocycles. The smallest absolute Gasteiger partial charge is 0.548 e. The second kappa shape index (κ2) is 10.4. The van der Waals surface area contributed by atoms with Gasteiger partial charge in [0.2, 0.25) is 5.91 Å². The van der Waals surface area contributed by atoms with Crippen LogP contribution in [-0.4, -0.2) is 29.9 Å². The van der Waals surface area contributed by atoms with Crippen LogP contribution in [0.15, 0.2) is 12.2 Å². The number of aliphatic carboxylic acids is 1. The number of hydrogen-bond acceptors (Lipinski definition) is 3. The number of unbranched alkanes of at least 4 members (excludes halogenated alkanes) is 1. The van der Waals surface area contributed by atoms with Crippen molar-refractivity contribution in [1.29, 1.82) is 0 Å². The number of carbonyl (C=O) groups excluding carboxylic acids is 2. The Kier molecular flexibility index (Phi) is 11.4. The average molecular weight is 233 g/mol. The molecule has 0 spiro atoms. The molecule has 4 nitrogen and oxygen atoms in total. The van der Waals surface area contributed by atoms with E-state index in [0.29, 0.717) is 6.42 Å². The Hall–Kier alpha value is -0.723. The zero-order valence-electron chi connectivity index (χ0n) is 11.2. The van der Waals surface area contributed by atoms with Gasteiger partial charge in [-0.25, -0.2) is 0 Å². The van der Waals surface area contributed by atoms with Crippen molar-refractivity contribution < 1.29 is 33.6 Å². The summed E-state index contributed by atoms with van der Waals surface area (Å²) in [4.78, 5) is 23.3. The Labute approximate surface area is 115 Å². The molecular formula is C12H20LiNO3. The van der Waals surface area contributed by atoms with Crippen LogP contribution >= 0.6 is 0 Å². The average Bonchev–Trinajstić information content (AvgIpc) is 2.26. The molecule has 0 saturated carbocycles. The van der Waals surface area contributed by atoms with E-state index in [4.69, 9.17) is 0 Å². The van der Waals surface area contributed by atoms with Gasteiger partial charge in [-0.3, -0.25) is 4.79 Å². The van der Waals surface area contributed by atoms with Gasteiger partial charge in [0.25, 0.3) is 0 Å². The summed E-state index contributed by atoms with van der Waals surface area (Å²) in [5.74, 6) is -1.37. The molecule has 17 heavy (non-hydrogen) atoms. The van der Waals surface area contributed by atoms with Gasteiger partial charge in [0.15, 0.2) is 0 Å². The third-order valence-electron chi connectivity index (χ3n) is 2.48. The predicted molar refractivity (Wildman–Crippen MR) is 60.5 cm³/mol. The summed E-state index contributed by atoms with van der Waals surface area (Å²) in [5.41, 5.74) is 0. The van der Waals surface area contributed by atoms with Crippen LogP contribution in [0.4, 0.5) is 0 Å². The van der Waals surface area contributed by atoms with Crippen LogP contribution in [0.3, 0.4) is 0 Å². The van der Waals surface area contributed by atoms with E-state index in [1.807, 2.05) is 6.08 Å². The van der Waals surface area contributed by atoms with E-state index in [0.717, 1.165) is 19.3 Å². The van der Waals surface area contributed by atoms with Crippen molar-refractivity contribution >= 4 is 11.9 Å². The van der Waals surface area contributed by atoms with Crippen LogP contribution in [0.25, 0.3) is 0 Å². The minimum atomic E-state index is -1.22. The Morgan fingerprint density at radius 3 is 2.41 bits per heavy atom. The first-order valence-electron chi connectivity index (χ1n) is 5.62. The fraction of sp³-hybridized carbons (Fsp3) is 0.667. The maximum atomic E-state index is 11.5. The molecular weight excluding hydrogens is 213 g/mol. The number of carboxylic acids is 1. The van der Waals surface area contributed by atoms with Gasteiger partial charge in [-0.1, -0.05) is 19.1 Å². The predicted octanol–water partition coefficient (Wildman–Crippen LogP) is -2.28. The first-order chi connectivity index (χ1) is 7.50. The Morgan fingerprint density at radius 1 is 1.35 bits per heavy atom. The summed E-state index contributed by atoms with van der Waals surface area (Å²) in [6.07, 6.45) is 7.07. The minimum absolute atomic E-state index is 0. The standard InChI is InChI=1S/C12H21NO3.Li/c1-4-5-6-7-8-9-11(14)13(3)10(2)12(15)16;/h5-6,10H,4,7-9H2,1-3H3,(H,15,16);/q;+1/p-1/b6-5+;. The molecule has 0 bridgehead atoms. The van der Waals surface area contributed by atoms with Gasteiger partial charge < -0.3 is 14.8 Å². The van der Waals surface area contributed by atoms with Crippen molar-refractivity contribution in [2.45, 2.75) is 45.6 Å². The quantitative estimate of drug-likeness (QED) is 0.283. The van der Waals surface area contributed by atoms with E-state index in [1.165, 1.54) is 18.9 Å². The van der Waals surface area contributed by atoms with Crippen LogP contribution < -0.4 is 24.0 Å². The number of rotatable bonds is 7. The number of carbonyl (C=O) groups is 2. The molecule has 0 aliphatic carbocycles. The molecule has 5 heteroatoms. The second-order valence-electron chi connectivity index (χ2n) is 3.77. The normalized spacial score (nSPS) is 11.9. The fourth-order valence-corrected chi connectivity index (χ4v) is 1.21. The maximum absolute atomic E-state index is 11.5. The number of amides is 1. The van der Waals surface area contributed by atoms with Gasteiger partial charge in [0.1, 0.15) is 0 Å². The summed E-state index contributed by atoms with van der Waals surface area (Å²) in [5, 5.41) is 10.5. The van der Waals surface area contributed by atoms with E-state index in [1.54, 1.807) is 0 Å². The zero-order valence-corrected chi connectivity index (χ0v) is 11.2. The zero-order chi connectivity index (χ0) is 12.6. The van der Waals surface area contributed by atoms with Gasteiger partial charge in [-0.05, 0) is 26.2 Å². The van der Waals surface area contributed by atoms with E-state index in [2.05, 4.69) is 13.0 Å². The fourth-order valence-electron chi connectivity index (χ4n) is 1.21. The van der Waals surface area contributed by atoms with Crippen molar-refractivity contribution in [2.75, 3.05) is 7.05 Å². The number of carboxylic acid groups (broad SMARTS) is 1. The molecule has 0 radical (unpaired) electrons. The van der Waals surface area contributed by atoms with Gasteiger partial charge >= 0.3 is 18.9 Å². The molecule has 92 valence electrons. The summed E-state index contributed by atoms with van der Waals surface area (Å²) in [7, 11) is 1.49. The van der Waals surface area contributed by atoms with Crippen molar-refractivity contribution in [3.8, 4) is 0 Å². The van der Waals surface area contributed by atoms with Crippen molar-refractivity contribution in [1.82, 2.24) is 4.90 Å². The molecule has 0 heterocycles. The molecule has 0 aromatic carbocycles. The molecule has 0 saturated heterocycles. The van der Waals surface area contributed by atoms with Gasteiger partial charge in [-0.2, -0.15) is 0 Å². The molecule has 1 atom stereocenters. The number of hydrogen-bond donors (Lipinski definition) is 0. The monoisotopic (exact) mass is 233 g/mol. The second-order valence-corrected chi connectivity index (χ2v) is 3.77. The van der Waals surface area contributed by atoms with Crippen LogP contribution in [-0.2, 0) is 9.59 Å². The Morgan fingerprint density at radius 2 is 1.94 bits per heavy atom. The summed E-state index contributed by atoms with van der Waals surface area (Å²) in [6.45, 7) is 3.50. The molecule has 0 aliphatic heterocycles. The molecule has 0 N–H and O–H groups in total. The Balaban J connectivity index is 0. The van der Waals surface area contributed by atoms with Crippen molar-refractivity contribution in [2.24, 2.45) is 0 Å². The molecule has 0 rings (SSSR count). The maximum Gasteiger partial charge on any atom is 1.00 e. The molecule has 1 unspecified atom stereocenters. The first kappa shape index (κ1) is 18.6. The van der Waals surface area contributed by atoms with Crippen molar-refractivity contribution in [3.05, 3.63) is 12.2 Å². The largest absolute Gasteiger partial charge is 1.00 e. The molecule has 0 fully saturated rings. The van der Waals surface area contributed by atoms with Gasteiger partial charge in [-0.15, -0.1) is 0 Å². The number of nitrogens with zero attached hydrogens (tertiary/aromatic N) is 1. The third kappa shape index (κ3) is 8.06. The van der Waals surface area contributed by atoms with Crippen LogP contribution in [0, 0.1) is 0 Å². The topological polar surface area (TPSA) is 60.4 Å². The SMILES string of the molecule is CC/C=C/CCCC(=O)N(C)C(C)C(=O)[O-].[Li+]. The number of likely N-dealkylation sites (N-methyl/N-ethyl adjacent to an activating group) is 1. The van der Waals surface area contributed by atoms with Gasteiger partial charge in [0.05, 0.1) is 12.0 Å². The summed E-state index contributed by atoms with van der Waals surface area (Å²) >= 11 is 0. The number of allylic oxidation sites excluding steroid dienone is 2. The van der Waals surface area contributed by atoms with E-state index >= 15 is 0 Å². The third-order valence-corrected chi connectivity index (χ3v) is 2.48. The molecule has 0 aromatic rings. The summed E-state index contributed by atoms with van der Waals surface area (Å²) < 4.78 is 0. The molecule has 0 aliphatic rings. The minimum Gasteiger partial charge on any atom is -0.548 e. The van der Waals surface area contributed by atoms with Gasteiger partial charge in [0, 0.05) is 13.5 Å². The first-order valence-corrected chi connectivity index (χ1v) is 5.62. The van der Waals surface area contributed by atoms with Crippen molar-refractivity contribution in [3.63, 3.8) is 0 Å². The Bertz CT molecular complexity index is 266. The van der Waals surface area contributed by atoms with Crippen LogP contribution in [0.2, 0.25) is 0 Å². The van der Waals surface area contributed by atoms with E-state index in [-0.39, 0.29) is 24.8 Å². The van der Waals surface area contributed by atoms with Crippen LogP contribution in [0.1, 0.15) is 39.5 Å². The van der Waals surface area contributed by atoms with Crippen LogP contribution in [0.5, 0.6) is 0 Å². The van der Waals surface area contributed by atoms with E-state index in [9.17, 15) is 14.7 Å². The van der Waals surface area contributed by atoms with E-state index < -0.39 is 12.0 Å². The summed E-state index contributed by atoms with van der Waals surface area (Å²) in [6, 6.07) is -0.862. The molecule has 1 amide bonds.